The molecule has 20 heavy (non-hydrogen) atoms. The van der Waals surface area contributed by atoms with E-state index in [0.717, 1.165) is 0 Å². The van der Waals surface area contributed by atoms with Gasteiger partial charge in [-0.15, -0.1) is 11.3 Å². The van der Waals surface area contributed by atoms with Gasteiger partial charge in [0.25, 0.3) is 5.56 Å². The third-order valence-corrected chi connectivity index (χ3v) is 4.22. The van der Waals surface area contributed by atoms with Crippen LogP contribution in [0.1, 0.15) is 26.1 Å². The monoisotopic (exact) mass is 294 g/mol. The molecule has 0 bridgehead atoms. The predicted molar refractivity (Wildman–Crippen MR) is 79.6 cm³/mol. The first kappa shape index (κ1) is 14.7. The normalized spacial score (nSPS) is 14.2. The molecule has 1 amide bonds. The zero-order valence-corrected chi connectivity index (χ0v) is 12.6. The van der Waals surface area contributed by atoms with Gasteiger partial charge in [0.05, 0.1) is 17.6 Å². The average Bonchev–Trinajstić information content (AvgIpc) is 2.86. The van der Waals surface area contributed by atoms with E-state index in [0.29, 0.717) is 22.5 Å². The van der Waals surface area contributed by atoms with Gasteiger partial charge in [-0.3, -0.25) is 9.59 Å². The lowest BCUT2D eigenvalue weighted by Crippen LogP contribution is -2.51. The van der Waals surface area contributed by atoms with Gasteiger partial charge in [-0.05, 0) is 24.8 Å². The molecule has 7 heteroatoms. The number of hydrogen-bond acceptors (Lipinski definition) is 5. The van der Waals surface area contributed by atoms with E-state index in [1.165, 1.54) is 16.2 Å². The van der Waals surface area contributed by atoms with Gasteiger partial charge in [-0.25, -0.2) is 4.98 Å². The number of likely N-dealkylation sites (N-methyl/N-ethyl adjacent to an activating group) is 1. The van der Waals surface area contributed by atoms with Crippen molar-refractivity contribution in [3.05, 3.63) is 27.6 Å². The quantitative estimate of drug-likeness (QED) is 0.882. The van der Waals surface area contributed by atoms with Gasteiger partial charge in [-0.2, -0.15) is 0 Å². The first-order chi connectivity index (χ1) is 9.35. The van der Waals surface area contributed by atoms with E-state index in [4.69, 9.17) is 5.73 Å². The summed E-state index contributed by atoms with van der Waals surface area (Å²) in [7, 11) is 1.65. The van der Waals surface area contributed by atoms with Gasteiger partial charge in [0.1, 0.15) is 10.5 Å². The summed E-state index contributed by atoms with van der Waals surface area (Å²) in [6.45, 7) is 3.79. The number of nitrogens with two attached hydrogens (primary N) is 1. The predicted octanol–water partition coefficient (Wildman–Crippen LogP) is 1.07. The molecule has 1 unspecified atom stereocenters. The molecule has 2 aromatic rings. The minimum Gasteiger partial charge on any atom is -0.337 e. The van der Waals surface area contributed by atoms with Gasteiger partial charge >= 0.3 is 0 Å². The molecule has 0 radical (unpaired) electrons. The molecule has 0 aliphatic rings. The maximum absolute atomic E-state index is 12.2. The van der Waals surface area contributed by atoms with Gasteiger partial charge in [0.2, 0.25) is 5.91 Å². The van der Waals surface area contributed by atoms with Crippen LogP contribution in [0.15, 0.2) is 16.2 Å². The van der Waals surface area contributed by atoms with Crippen molar-refractivity contribution in [1.82, 2.24) is 14.9 Å². The number of thiophene rings is 1. The second kappa shape index (κ2) is 5.34. The van der Waals surface area contributed by atoms with Gasteiger partial charge in [0, 0.05) is 7.05 Å². The van der Waals surface area contributed by atoms with Gasteiger partial charge in [-0.1, -0.05) is 6.92 Å². The van der Waals surface area contributed by atoms with E-state index >= 15 is 0 Å². The Labute approximate surface area is 120 Å². The minimum atomic E-state index is -0.901. The van der Waals surface area contributed by atoms with E-state index in [1.54, 1.807) is 20.0 Å². The number of amides is 1. The fraction of sp³-hybridized carbons (Fsp3) is 0.462. The number of aromatic nitrogens is 2. The summed E-state index contributed by atoms with van der Waals surface area (Å²) >= 11 is 1.35. The number of hydrogen-bond donors (Lipinski definition) is 2. The van der Waals surface area contributed by atoms with Crippen molar-refractivity contribution in [3.8, 4) is 0 Å². The Hall–Kier alpha value is -1.73. The van der Waals surface area contributed by atoms with Crippen LogP contribution in [0.5, 0.6) is 0 Å². The van der Waals surface area contributed by atoms with E-state index in [9.17, 15) is 9.59 Å². The van der Waals surface area contributed by atoms with Crippen molar-refractivity contribution in [2.45, 2.75) is 32.4 Å². The van der Waals surface area contributed by atoms with E-state index in [-0.39, 0.29) is 18.0 Å². The number of aromatic amines is 1. The van der Waals surface area contributed by atoms with Crippen LogP contribution < -0.4 is 11.3 Å². The Morgan fingerprint density at radius 2 is 2.30 bits per heavy atom. The second-order valence-corrected chi connectivity index (χ2v) is 6.00. The van der Waals surface area contributed by atoms with Crippen LogP contribution >= 0.6 is 11.3 Å². The molecule has 0 aliphatic heterocycles. The second-order valence-electron chi connectivity index (χ2n) is 5.08. The Morgan fingerprint density at radius 1 is 1.60 bits per heavy atom. The van der Waals surface area contributed by atoms with Crippen molar-refractivity contribution in [2.75, 3.05) is 7.05 Å². The smallest absolute Gasteiger partial charge is 0.268 e. The Balaban J connectivity index is 2.24. The summed E-state index contributed by atoms with van der Waals surface area (Å²) in [6, 6.07) is 1.79. The van der Waals surface area contributed by atoms with Crippen LogP contribution in [0, 0.1) is 0 Å². The van der Waals surface area contributed by atoms with Crippen molar-refractivity contribution in [2.24, 2.45) is 5.73 Å². The Kier molecular flexibility index (Phi) is 3.92. The lowest BCUT2D eigenvalue weighted by molar-refractivity contribution is -0.135. The van der Waals surface area contributed by atoms with Crippen LogP contribution in [0.2, 0.25) is 0 Å². The highest BCUT2D eigenvalue weighted by Crippen LogP contribution is 2.15. The summed E-state index contributed by atoms with van der Waals surface area (Å²) in [5, 5.41) is 1.82. The fourth-order valence-corrected chi connectivity index (χ4v) is 2.61. The molecule has 2 heterocycles. The number of carbonyl (C=O) groups is 1. The number of nitrogens with zero attached hydrogens (tertiary/aromatic N) is 2. The molecular formula is C13H18N4O2S. The highest BCUT2D eigenvalue weighted by atomic mass is 32.1. The molecule has 1 atom stereocenters. The molecule has 2 aromatic heterocycles. The molecule has 0 spiro atoms. The molecule has 0 saturated heterocycles. The third-order valence-electron chi connectivity index (χ3n) is 3.32. The number of rotatable bonds is 4. The van der Waals surface area contributed by atoms with Crippen molar-refractivity contribution in [1.29, 1.82) is 0 Å². The number of H-pyrrole nitrogens is 1. The summed E-state index contributed by atoms with van der Waals surface area (Å²) in [5.41, 5.74) is 5.51. The molecular weight excluding hydrogens is 276 g/mol. The fourth-order valence-electron chi connectivity index (χ4n) is 1.88. The zero-order valence-electron chi connectivity index (χ0n) is 11.8. The maximum Gasteiger partial charge on any atom is 0.268 e. The van der Waals surface area contributed by atoms with E-state index in [2.05, 4.69) is 9.97 Å². The molecule has 0 saturated carbocycles. The summed E-state index contributed by atoms with van der Waals surface area (Å²) in [4.78, 5) is 32.6. The zero-order chi connectivity index (χ0) is 14.9. The minimum absolute atomic E-state index is 0.173. The Morgan fingerprint density at radius 3 is 2.95 bits per heavy atom. The molecule has 0 fully saturated rings. The standard InChI is InChI=1S/C13H18N4O2S/c1-4-13(2,14)12(19)17(3)7-9-15-8-5-6-20-10(8)11(18)16-9/h5-6H,4,7,14H2,1-3H3,(H,15,16,18). The van der Waals surface area contributed by atoms with Crippen molar-refractivity contribution < 1.29 is 4.79 Å². The molecule has 2 rings (SSSR count). The SMILES string of the molecule is CCC(C)(N)C(=O)N(C)Cc1nc2ccsc2c(=O)[nH]1. The van der Waals surface area contributed by atoms with E-state index in [1.807, 2.05) is 12.3 Å². The third kappa shape index (κ3) is 2.73. The molecule has 6 nitrogen and oxygen atoms in total. The van der Waals surface area contributed by atoms with Gasteiger partial charge in [0.15, 0.2) is 0 Å². The first-order valence-electron chi connectivity index (χ1n) is 6.36. The topological polar surface area (TPSA) is 92.1 Å². The average molecular weight is 294 g/mol. The van der Waals surface area contributed by atoms with Crippen molar-refractivity contribution in [3.63, 3.8) is 0 Å². The van der Waals surface area contributed by atoms with Crippen LogP contribution in [0.3, 0.4) is 0 Å². The number of carbonyl (C=O) groups excluding carboxylic acids is 1. The highest BCUT2D eigenvalue weighted by molar-refractivity contribution is 7.17. The van der Waals surface area contributed by atoms with E-state index < -0.39 is 5.54 Å². The summed E-state index contributed by atoms with van der Waals surface area (Å²) in [6.07, 6.45) is 0.545. The molecule has 0 aliphatic carbocycles. The number of fused-ring (bicyclic) bond motifs is 1. The lowest BCUT2D eigenvalue weighted by atomic mass is 9.99. The lowest BCUT2D eigenvalue weighted by Gasteiger charge is -2.27. The van der Waals surface area contributed by atoms with Crippen LogP contribution in [0.25, 0.3) is 10.2 Å². The van der Waals surface area contributed by atoms with Crippen molar-refractivity contribution >= 4 is 27.5 Å². The van der Waals surface area contributed by atoms with Crippen LogP contribution in [0.4, 0.5) is 0 Å². The molecule has 0 aromatic carbocycles. The first-order valence-corrected chi connectivity index (χ1v) is 7.24. The summed E-state index contributed by atoms with van der Waals surface area (Å²) < 4.78 is 0.597. The maximum atomic E-state index is 12.2. The van der Waals surface area contributed by atoms with Crippen LogP contribution in [-0.2, 0) is 11.3 Å². The van der Waals surface area contributed by atoms with Gasteiger partial charge < -0.3 is 15.6 Å². The van der Waals surface area contributed by atoms with Crippen LogP contribution in [-0.4, -0.2) is 33.4 Å². The number of nitrogens with one attached hydrogen (secondary N) is 1. The molecule has 108 valence electrons. The summed E-state index contributed by atoms with van der Waals surface area (Å²) in [5.74, 6) is 0.289. The largest absolute Gasteiger partial charge is 0.337 e. The molecule has 3 N–H and O–H groups in total. The Bertz CT molecular complexity index is 689. The highest BCUT2D eigenvalue weighted by Gasteiger charge is 2.29.